The van der Waals surface area contributed by atoms with Crippen LogP contribution in [0.1, 0.15) is 17.5 Å². The molecule has 11 heteroatoms. The summed E-state index contributed by atoms with van der Waals surface area (Å²) >= 11 is 0. The maximum absolute atomic E-state index is 12.3. The number of aryl methyl sites for hydroxylation is 2. The molecule has 1 unspecified atom stereocenters. The zero-order chi connectivity index (χ0) is 22.5. The predicted molar refractivity (Wildman–Crippen MR) is 117 cm³/mol. The highest BCUT2D eigenvalue weighted by Crippen LogP contribution is 2.22. The maximum atomic E-state index is 12.3. The third kappa shape index (κ3) is 5.63. The van der Waals surface area contributed by atoms with Crippen LogP contribution in [0, 0.1) is 24.0 Å². The average Bonchev–Trinajstić information content (AvgIpc) is 3.03. The number of hydrogen-bond donors (Lipinski definition) is 4. The highest BCUT2D eigenvalue weighted by atomic mass is 16.6. The number of rotatable bonds is 5. The Morgan fingerprint density at radius 3 is 2.55 bits per heavy atom. The van der Waals surface area contributed by atoms with Crippen LogP contribution in [-0.4, -0.2) is 34.7 Å². The summed E-state index contributed by atoms with van der Waals surface area (Å²) in [6.45, 7) is 3.56. The van der Waals surface area contributed by atoms with E-state index in [2.05, 4.69) is 25.9 Å². The molecule has 0 fully saturated rings. The minimum absolute atomic E-state index is 0.00844. The van der Waals surface area contributed by atoms with Gasteiger partial charge in [-0.05, 0) is 32.0 Å². The van der Waals surface area contributed by atoms with Gasteiger partial charge in [-0.3, -0.25) is 25.0 Å². The largest absolute Gasteiger partial charge is 0.369 e. The molecule has 11 nitrogen and oxygen atoms in total. The topological polar surface area (TPSA) is 164 Å². The summed E-state index contributed by atoms with van der Waals surface area (Å²) in [5, 5.41) is 18.9. The van der Waals surface area contributed by atoms with Crippen LogP contribution >= 0.6 is 0 Å². The summed E-state index contributed by atoms with van der Waals surface area (Å²) in [6.07, 6.45) is -0.252. The van der Waals surface area contributed by atoms with Gasteiger partial charge in [0.15, 0.2) is 0 Å². The number of nitro benzene ring substituents is 1. The van der Waals surface area contributed by atoms with Crippen molar-refractivity contribution in [1.29, 1.82) is 0 Å². The summed E-state index contributed by atoms with van der Waals surface area (Å²) in [6, 6.07) is 10.8. The number of nitro groups is 1. The second-order valence-electron chi connectivity index (χ2n) is 6.96. The molecule has 1 aliphatic heterocycles. The monoisotopic (exact) mass is 423 g/mol. The Kier molecular flexibility index (Phi) is 6.24. The van der Waals surface area contributed by atoms with E-state index >= 15 is 0 Å². The lowest BCUT2D eigenvalue weighted by Crippen LogP contribution is -2.32. The Morgan fingerprint density at radius 1 is 1.19 bits per heavy atom. The summed E-state index contributed by atoms with van der Waals surface area (Å²) in [4.78, 5) is 43.0. The Hall–Kier alpha value is -4.28. The number of nitrogens with one attached hydrogen (secondary N) is 3. The molecule has 3 rings (SSSR count). The Labute approximate surface area is 177 Å². The van der Waals surface area contributed by atoms with Crippen molar-refractivity contribution in [3.63, 3.8) is 0 Å². The first-order valence-corrected chi connectivity index (χ1v) is 9.32. The number of carbonyl (C=O) groups excluding carboxylic acids is 2. The molecule has 31 heavy (non-hydrogen) atoms. The van der Waals surface area contributed by atoms with Gasteiger partial charge in [0.1, 0.15) is 6.04 Å². The molecule has 0 spiro atoms. The zero-order valence-electron chi connectivity index (χ0n) is 16.9. The molecule has 0 saturated heterocycles. The molecule has 0 aromatic heterocycles. The number of amides is 2. The molecule has 1 heterocycles. The first kappa shape index (κ1) is 21.4. The van der Waals surface area contributed by atoms with Crippen LogP contribution in [0.15, 0.2) is 52.4 Å². The van der Waals surface area contributed by atoms with E-state index in [1.54, 1.807) is 13.0 Å². The minimum atomic E-state index is -0.980. The van der Waals surface area contributed by atoms with Crippen LogP contribution in [0.2, 0.25) is 0 Å². The Bertz CT molecular complexity index is 1090. The average molecular weight is 423 g/mol. The molecule has 160 valence electrons. The van der Waals surface area contributed by atoms with Crippen LogP contribution in [0.4, 0.5) is 17.1 Å². The quantitative estimate of drug-likeness (QED) is 0.248. The van der Waals surface area contributed by atoms with Crippen LogP contribution in [-0.2, 0) is 9.59 Å². The first-order valence-electron chi connectivity index (χ1n) is 9.32. The van der Waals surface area contributed by atoms with Crippen molar-refractivity contribution >= 4 is 40.8 Å². The van der Waals surface area contributed by atoms with Gasteiger partial charge < -0.3 is 16.4 Å². The SMILES string of the molecule is Cc1ccc(N/C(N)=N/C2=NC(CC(=O)Nc3ccc(C)c([N+](=O)[O-])c3)C(=O)N2)cc1. The van der Waals surface area contributed by atoms with Crippen molar-refractivity contribution in [2.24, 2.45) is 15.7 Å². The van der Waals surface area contributed by atoms with E-state index in [-0.39, 0.29) is 29.7 Å². The van der Waals surface area contributed by atoms with Crippen molar-refractivity contribution in [3.8, 4) is 0 Å². The first-order chi connectivity index (χ1) is 14.7. The van der Waals surface area contributed by atoms with Gasteiger partial charge >= 0.3 is 0 Å². The predicted octanol–water partition coefficient (Wildman–Crippen LogP) is 1.82. The fraction of sp³-hybridized carbons (Fsp3) is 0.200. The second-order valence-corrected chi connectivity index (χ2v) is 6.96. The summed E-state index contributed by atoms with van der Waals surface area (Å²) in [5.41, 5.74) is 8.28. The Morgan fingerprint density at radius 2 is 1.87 bits per heavy atom. The van der Waals surface area contributed by atoms with E-state index in [1.165, 1.54) is 12.1 Å². The van der Waals surface area contributed by atoms with E-state index in [0.717, 1.165) is 11.3 Å². The van der Waals surface area contributed by atoms with Gasteiger partial charge in [0, 0.05) is 23.0 Å². The third-order valence-corrected chi connectivity index (χ3v) is 4.43. The molecule has 0 radical (unpaired) electrons. The molecule has 1 atom stereocenters. The number of anilines is 2. The highest BCUT2D eigenvalue weighted by molar-refractivity contribution is 6.11. The second kappa shape index (κ2) is 9.03. The lowest BCUT2D eigenvalue weighted by molar-refractivity contribution is -0.385. The molecule has 0 aliphatic carbocycles. The number of hydrogen-bond acceptors (Lipinski definition) is 6. The summed E-state index contributed by atoms with van der Waals surface area (Å²) < 4.78 is 0. The van der Waals surface area contributed by atoms with Crippen LogP contribution in [0.25, 0.3) is 0 Å². The van der Waals surface area contributed by atoms with Crippen molar-refractivity contribution in [1.82, 2.24) is 5.32 Å². The standard InChI is InChI=1S/C20H21N7O4/c1-11-3-6-13(7-4-11)23-19(21)26-20-24-15(18(29)25-20)10-17(28)22-14-8-5-12(2)16(9-14)27(30)31/h3-9,15H,10H2,1-2H3,(H,22,28)(H4,21,23,24,25,26,29). The van der Waals surface area contributed by atoms with Gasteiger partial charge in [-0.25, -0.2) is 4.99 Å². The number of aliphatic imine (C=N–C) groups is 2. The third-order valence-electron chi connectivity index (χ3n) is 4.43. The zero-order valence-corrected chi connectivity index (χ0v) is 16.9. The maximum Gasteiger partial charge on any atom is 0.274 e. The summed E-state index contributed by atoms with van der Waals surface area (Å²) in [5.74, 6) is -0.990. The summed E-state index contributed by atoms with van der Waals surface area (Å²) in [7, 11) is 0. The van der Waals surface area contributed by atoms with Crippen molar-refractivity contribution < 1.29 is 14.5 Å². The van der Waals surface area contributed by atoms with Gasteiger partial charge in [-0.15, -0.1) is 0 Å². The normalized spacial score (nSPS) is 15.8. The lowest BCUT2D eigenvalue weighted by Gasteiger charge is -2.07. The van der Waals surface area contributed by atoms with E-state index in [0.29, 0.717) is 5.56 Å². The van der Waals surface area contributed by atoms with Gasteiger partial charge in [-0.1, -0.05) is 23.8 Å². The van der Waals surface area contributed by atoms with Crippen molar-refractivity contribution in [2.45, 2.75) is 26.3 Å². The van der Waals surface area contributed by atoms with Crippen LogP contribution in [0.3, 0.4) is 0 Å². The highest BCUT2D eigenvalue weighted by Gasteiger charge is 2.29. The molecular weight excluding hydrogens is 402 g/mol. The molecule has 2 amide bonds. The van der Waals surface area contributed by atoms with Crippen molar-refractivity contribution in [2.75, 3.05) is 10.6 Å². The smallest absolute Gasteiger partial charge is 0.274 e. The lowest BCUT2D eigenvalue weighted by atomic mass is 10.1. The number of benzene rings is 2. The number of nitrogens with zero attached hydrogens (tertiary/aromatic N) is 3. The van der Waals surface area contributed by atoms with Crippen LogP contribution in [0.5, 0.6) is 0 Å². The van der Waals surface area contributed by atoms with Gasteiger partial charge in [0.05, 0.1) is 11.3 Å². The van der Waals surface area contributed by atoms with E-state index in [4.69, 9.17) is 5.73 Å². The molecule has 0 bridgehead atoms. The van der Waals surface area contributed by atoms with E-state index in [1.807, 2.05) is 31.2 Å². The minimum Gasteiger partial charge on any atom is -0.369 e. The van der Waals surface area contributed by atoms with E-state index in [9.17, 15) is 19.7 Å². The molecule has 0 saturated carbocycles. The number of carbonyl (C=O) groups is 2. The number of guanidine groups is 2. The fourth-order valence-corrected chi connectivity index (χ4v) is 2.83. The van der Waals surface area contributed by atoms with Gasteiger partial charge in [0.2, 0.25) is 17.8 Å². The molecule has 5 N–H and O–H groups in total. The van der Waals surface area contributed by atoms with Gasteiger partial charge in [-0.2, -0.15) is 4.99 Å². The molecule has 2 aromatic carbocycles. The fourth-order valence-electron chi connectivity index (χ4n) is 2.83. The molecular formula is C20H21N7O4. The van der Waals surface area contributed by atoms with Crippen LogP contribution < -0.4 is 21.7 Å². The van der Waals surface area contributed by atoms with Crippen molar-refractivity contribution in [3.05, 3.63) is 63.7 Å². The molecule has 2 aromatic rings. The van der Waals surface area contributed by atoms with Gasteiger partial charge in [0.25, 0.3) is 11.6 Å². The van der Waals surface area contributed by atoms with E-state index < -0.39 is 22.8 Å². The Balaban J connectivity index is 1.62. The number of nitrogens with two attached hydrogens (primary N) is 1. The molecule has 1 aliphatic rings.